The molecule has 3 amide bonds. The molecule has 10 rings (SSSR count). The standard InChI is InChI=1S/C43H38Cl2N8O5/c1-19-15-46-39-33(54)11-31-37(35(19)39)23(13-44)17-52(31)41(56)29-9-21-7-25(3-5-27(21)50-29)48-43(58)49-26-4-6-28-22(8-26)10-30(51-28)42(57)53-18-24(14-45)38-32(53)12-34(55)40-36(38)20(2)16-47-40/h3-12,15-16,23-24,41,46-47,50-51,54-56H,13-14,17-18H2,1-2H3,(H2,48,49,58)/t23-,24-,41?/m1/s1. The predicted molar refractivity (Wildman–Crippen MR) is 230 cm³/mol. The molecule has 4 aromatic carbocycles. The molecular formula is C43H38Cl2N8O5. The van der Waals surface area contributed by atoms with Crippen LogP contribution in [-0.2, 0) is 0 Å². The maximum absolute atomic E-state index is 14.0. The number of phenols is 2. The Morgan fingerprint density at radius 1 is 0.759 bits per heavy atom. The molecule has 0 spiro atoms. The number of urea groups is 1. The Morgan fingerprint density at radius 2 is 1.31 bits per heavy atom. The average Bonchev–Trinajstić information content (AvgIpc) is 4.06. The summed E-state index contributed by atoms with van der Waals surface area (Å²) in [6, 6.07) is 17.2. The van der Waals surface area contributed by atoms with E-state index in [0.29, 0.717) is 64.3 Å². The molecule has 4 aromatic heterocycles. The summed E-state index contributed by atoms with van der Waals surface area (Å²) in [5.74, 6) is 0.463. The zero-order valence-electron chi connectivity index (χ0n) is 31.3. The van der Waals surface area contributed by atoms with Crippen LogP contribution >= 0.6 is 23.2 Å². The van der Waals surface area contributed by atoms with Crippen molar-refractivity contribution in [3.05, 3.63) is 107 Å². The molecule has 294 valence electrons. The Bertz CT molecular complexity index is 3000. The summed E-state index contributed by atoms with van der Waals surface area (Å²) in [5.41, 5.74) is 10.1. The van der Waals surface area contributed by atoms with Gasteiger partial charge in [-0.05, 0) is 84.6 Å². The molecular weight excluding hydrogens is 779 g/mol. The highest BCUT2D eigenvalue weighted by molar-refractivity contribution is 6.20. The van der Waals surface area contributed by atoms with Crippen LogP contribution in [0.4, 0.5) is 27.5 Å². The van der Waals surface area contributed by atoms with Gasteiger partial charge in [-0.25, -0.2) is 4.79 Å². The molecule has 1 unspecified atom stereocenters. The van der Waals surface area contributed by atoms with Crippen molar-refractivity contribution in [3.8, 4) is 11.5 Å². The number of phenolic OH excluding ortho intramolecular Hbond substituents is 2. The first-order valence-electron chi connectivity index (χ1n) is 18.9. The van der Waals surface area contributed by atoms with Crippen LogP contribution in [0.1, 0.15) is 56.5 Å². The number of amides is 3. The lowest BCUT2D eigenvalue weighted by Crippen LogP contribution is -2.30. The molecule has 0 aliphatic carbocycles. The SMILES string of the molecule is Cc1c[nH]c2c(O)cc3c(c12)[C@H](CCl)CN3C(=O)c1cc2cc(NC(=O)Nc3ccc4[nH]c(C(O)N5C[C@@H](CCl)c6c5cc(O)c5[nH]cc(C)c65)cc4c3)ccc2[nH]1. The number of hydrogen-bond donors (Lipinski definition) is 9. The lowest BCUT2D eigenvalue weighted by molar-refractivity contribution is 0.0984. The lowest BCUT2D eigenvalue weighted by atomic mass is 9.97. The van der Waals surface area contributed by atoms with Crippen LogP contribution in [0.15, 0.2) is 73.1 Å². The molecule has 2 aliphatic rings. The molecule has 15 heteroatoms. The van der Waals surface area contributed by atoms with E-state index in [9.17, 15) is 24.9 Å². The maximum atomic E-state index is 14.0. The van der Waals surface area contributed by atoms with E-state index in [-0.39, 0.29) is 29.2 Å². The molecule has 0 radical (unpaired) electrons. The maximum Gasteiger partial charge on any atom is 0.323 e. The molecule has 58 heavy (non-hydrogen) atoms. The van der Waals surface area contributed by atoms with Crippen LogP contribution in [0.5, 0.6) is 11.5 Å². The summed E-state index contributed by atoms with van der Waals surface area (Å²) in [7, 11) is 0. The second kappa shape index (κ2) is 13.4. The van der Waals surface area contributed by atoms with Gasteiger partial charge in [0.2, 0.25) is 0 Å². The predicted octanol–water partition coefficient (Wildman–Crippen LogP) is 9.10. The van der Waals surface area contributed by atoms with E-state index in [1.165, 1.54) is 0 Å². The minimum absolute atomic E-state index is 0.0418. The van der Waals surface area contributed by atoms with Gasteiger partial charge in [0.05, 0.1) is 22.4 Å². The summed E-state index contributed by atoms with van der Waals surface area (Å²) >= 11 is 12.8. The number of aromatic hydroxyl groups is 2. The first-order chi connectivity index (χ1) is 28.0. The van der Waals surface area contributed by atoms with Crippen molar-refractivity contribution in [1.82, 2.24) is 19.9 Å². The number of rotatable bonds is 7. The van der Waals surface area contributed by atoms with Gasteiger partial charge in [0, 0.05) is 111 Å². The van der Waals surface area contributed by atoms with Crippen LogP contribution in [0.3, 0.4) is 0 Å². The number of aliphatic hydroxyl groups is 1. The number of hydrogen-bond acceptors (Lipinski definition) is 6. The Kier molecular flexibility index (Phi) is 8.34. The van der Waals surface area contributed by atoms with Crippen molar-refractivity contribution in [1.29, 1.82) is 0 Å². The fraction of sp³-hybridized carbons (Fsp3) is 0.209. The van der Waals surface area contributed by atoms with Crippen LogP contribution in [0, 0.1) is 13.8 Å². The zero-order chi connectivity index (χ0) is 40.1. The summed E-state index contributed by atoms with van der Waals surface area (Å²) in [4.78, 5) is 43.5. The fourth-order valence-corrected chi connectivity index (χ4v) is 9.57. The van der Waals surface area contributed by atoms with Crippen molar-refractivity contribution < 1.29 is 24.9 Å². The second-order valence-electron chi connectivity index (χ2n) is 15.3. The molecule has 13 nitrogen and oxygen atoms in total. The van der Waals surface area contributed by atoms with Gasteiger partial charge in [0.1, 0.15) is 17.2 Å². The summed E-state index contributed by atoms with van der Waals surface area (Å²) in [6.45, 7) is 4.80. The molecule has 2 aliphatic heterocycles. The summed E-state index contributed by atoms with van der Waals surface area (Å²) in [5, 5.41) is 42.4. The summed E-state index contributed by atoms with van der Waals surface area (Å²) < 4.78 is 0. The van der Waals surface area contributed by atoms with Crippen molar-refractivity contribution >= 4 is 102 Å². The van der Waals surface area contributed by atoms with E-state index in [1.807, 2.05) is 49.3 Å². The number of aliphatic hydroxyl groups excluding tert-OH is 1. The number of carbonyl (C=O) groups excluding carboxylic acids is 2. The van der Waals surface area contributed by atoms with E-state index in [4.69, 9.17) is 23.2 Å². The molecule has 0 saturated heterocycles. The number of H-pyrrole nitrogens is 4. The van der Waals surface area contributed by atoms with Gasteiger partial charge in [-0.2, -0.15) is 0 Å². The minimum Gasteiger partial charge on any atom is -0.506 e. The number of nitrogens with one attached hydrogen (secondary N) is 6. The Labute approximate surface area is 340 Å². The third-order valence-electron chi connectivity index (χ3n) is 11.7. The molecule has 6 heterocycles. The van der Waals surface area contributed by atoms with E-state index >= 15 is 0 Å². The number of nitrogens with zero attached hydrogens (tertiary/aromatic N) is 2. The number of alkyl halides is 2. The molecule has 3 atom stereocenters. The normalized spacial score (nSPS) is 16.8. The minimum atomic E-state index is -1.05. The number of fused-ring (bicyclic) bond motifs is 8. The molecule has 0 bridgehead atoms. The Morgan fingerprint density at radius 3 is 1.93 bits per heavy atom. The first-order valence-corrected chi connectivity index (χ1v) is 20.0. The monoisotopic (exact) mass is 816 g/mol. The number of aryl methyl sites for hydroxylation is 2. The topological polar surface area (TPSA) is 189 Å². The summed E-state index contributed by atoms with van der Waals surface area (Å²) in [6.07, 6.45) is 2.66. The number of aromatic amines is 4. The number of anilines is 4. The van der Waals surface area contributed by atoms with Gasteiger partial charge in [-0.1, -0.05) is 0 Å². The smallest absolute Gasteiger partial charge is 0.323 e. The van der Waals surface area contributed by atoms with Crippen molar-refractivity contribution in [3.63, 3.8) is 0 Å². The van der Waals surface area contributed by atoms with E-state index in [2.05, 4.69) is 30.6 Å². The van der Waals surface area contributed by atoms with Crippen molar-refractivity contribution in [2.24, 2.45) is 0 Å². The van der Waals surface area contributed by atoms with Gasteiger partial charge in [0.15, 0.2) is 6.23 Å². The number of benzene rings is 4. The third-order valence-corrected chi connectivity index (χ3v) is 12.5. The van der Waals surface area contributed by atoms with E-state index in [1.54, 1.807) is 47.4 Å². The van der Waals surface area contributed by atoms with Crippen molar-refractivity contribution in [2.45, 2.75) is 31.9 Å². The Hall–Kier alpha value is -6.28. The van der Waals surface area contributed by atoms with Crippen molar-refractivity contribution in [2.75, 3.05) is 45.3 Å². The van der Waals surface area contributed by atoms with Gasteiger partial charge < -0.3 is 55.7 Å². The quantitative estimate of drug-likeness (QED) is 0.0722. The average molecular weight is 818 g/mol. The first kappa shape index (κ1) is 36.1. The fourth-order valence-electron chi connectivity index (χ4n) is 9.06. The molecule has 8 aromatic rings. The highest BCUT2D eigenvalue weighted by Crippen LogP contribution is 2.49. The van der Waals surface area contributed by atoms with Gasteiger partial charge in [0.25, 0.3) is 5.91 Å². The van der Waals surface area contributed by atoms with Gasteiger partial charge in [-0.3, -0.25) is 4.79 Å². The molecule has 0 saturated carbocycles. The van der Waals surface area contributed by atoms with Crippen LogP contribution in [0.2, 0.25) is 0 Å². The van der Waals surface area contributed by atoms with Gasteiger partial charge >= 0.3 is 6.03 Å². The highest BCUT2D eigenvalue weighted by atomic mass is 35.5. The molecule has 0 fully saturated rings. The van der Waals surface area contributed by atoms with Crippen LogP contribution in [-0.4, -0.2) is 72.0 Å². The highest BCUT2D eigenvalue weighted by Gasteiger charge is 2.38. The number of carbonyl (C=O) groups is 2. The second-order valence-corrected chi connectivity index (χ2v) is 16.0. The largest absolute Gasteiger partial charge is 0.506 e. The Balaban J connectivity index is 0.848. The van der Waals surface area contributed by atoms with E-state index < -0.39 is 12.3 Å². The third kappa shape index (κ3) is 5.56. The lowest BCUT2D eigenvalue weighted by Gasteiger charge is -2.25. The number of halogens is 2. The van der Waals surface area contributed by atoms with Gasteiger partial charge in [-0.15, -0.1) is 23.2 Å². The molecule has 9 N–H and O–H groups in total. The van der Waals surface area contributed by atoms with E-state index in [0.717, 1.165) is 60.5 Å². The van der Waals surface area contributed by atoms with Crippen LogP contribution < -0.4 is 20.4 Å². The zero-order valence-corrected chi connectivity index (χ0v) is 32.8. The van der Waals surface area contributed by atoms with Crippen LogP contribution in [0.25, 0.3) is 43.6 Å². The number of aromatic nitrogens is 4.